The van der Waals surface area contributed by atoms with Crippen molar-refractivity contribution < 1.29 is 8.78 Å². The van der Waals surface area contributed by atoms with Gasteiger partial charge in [0.05, 0.1) is 6.54 Å². The van der Waals surface area contributed by atoms with E-state index in [1.807, 2.05) is 0 Å². The van der Waals surface area contributed by atoms with Gasteiger partial charge in [0.2, 0.25) is 0 Å². The first kappa shape index (κ1) is 20.1. The minimum absolute atomic E-state index is 0.284. The zero-order valence-corrected chi connectivity index (χ0v) is 17.1. The summed E-state index contributed by atoms with van der Waals surface area (Å²) in [6.45, 7) is 0.288. The molecule has 4 rings (SSSR count). The van der Waals surface area contributed by atoms with Crippen molar-refractivity contribution in [1.82, 2.24) is 18.7 Å². The van der Waals surface area contributed by atoms with Crippen molar-refractivity contribution in [2.75, 3.05) is 0 Å². The van der Waals surface area contributed by atoms with Crippen molar-refractivity contribution in [3.63, 3.8) is 0 Å². The summed E-state index contributed by atoms with van der Waals surface area (Å²) in [5, 5.41) is 0.539. The molecule has 0 unspecified atom stereocenters. The molecule has 2 aromatic heterocycles. The first-order valence-corrected chi connectivity index (χ1v) is 10.1. The van der Waals surface area contributed by atoms with E-state index < -0.39 is 11.2 Å². The molecule has 0 aliphatic heterocycles. The normalized spacial score (nSPS) is 11.3. The second kappa shape index (κ2) is 7.91. The molecule has 0 aliphatic rings. The summed E-state index contributed by atoms with van der Waals surface area (Å²) in [6, 6.07) is 12.1. The number of nitrogens with zero attached hydrogens (tertiary/aromatic N) is 4. The molecule has 0 saturated carbocycles. The number of thioether (sulfide) groups is 1. The smallest absolute Gasteiger partial charge is 0.309 e. The lowest BCUT2D eigenvalue weighted by atomic mass is 10.2. The predicted octanol–water partition coefficient (Wildman–Crippen LogP) is 3.05. The Bertz CT molecular complexity index is 1340. The summed E-state index contributed by atoms with van der Waals surface area (Å²) < 4.78 is 30.6. The summed E-state index contributed by atoms with van der Waals surface area (Å²) in [5.41, 5.74) is 1.35. The van der Waals surface area contributed by atoms with Gasteiger partial charge in [0, 0.05) is 19.8 Å². The zero-order valence-electron chi connectivity index (χ0n) is 16.3. The van der Waals surface area contributed by atoms with E-state index >= 15 is 0 Å². The molecule has 0 fully saturated rings. The lowest BCUT2D eigenvalue weighted by Gasteiger charge is -2.10. The highest BCUT2D eigenvalue weighted by Gasteiger charge is 2.19. The predicted molar refractivity (Wildman–Crippen MR) is 112 cm³/mol. The van der Waals surface area contributed by atoms with Crippen LogP contribution in [0.15, 0.2) is 63.3 Å². The van der Waals surface area contributed by atoms with E-state index in [4.69, 9.17) is 0 Å². The van der Waals surface area contributed by atoms with E-state index in [2.05, 4.69) is 4.98 Å². The van der Waals surface area contributed by atoms with Crippen LogP contribution < -0.4 is 11.2 Å². The molecule has 0 N–H and O–H groups in total. The van der Waals surface area contributed by atoms with E-state index in [1.165, 1.54) is 47.6 Å². The summed E-state index contributed by atoms with van der Waals surface area (Å²) in [7, 11) is 2.98. The van der Waals surface area contributed by atoms with Gasteiger partial charge in [0.15, 0.2) is 16.3 Å². The molecule has 0 bridgehead atoms. The molecule has 2 heterocycles. The number of aromatic nitrogens is 4. The Morgan fingerprint density at radius 3 is 2.03 bits per heavy atom. The van der Waals surface area contributed by atoms with Crippen LogP contribution >= 0.6 is 11.8 Å². The second-order valence-electron chi connectivity index (χ2n) is 6.90. The maximum atomic E-state index is 13.3. The zero-order chi connectivity index (χ0) is 21.4. The molecule has 6 nitrogen and oxygen atoms in total. The third-order valence-corrected chi connectivity index (χ3v) is 5.90. The lowest BCUT2D eigenvalue weighted by Crippen LogP contribution is -2.37. The van der Waals surface area contributed by atoms with Crippen LogP contribution in [0.1, 0.15) is 11.1 Å². The number of halogens is 2. The molecule has 0 saturated heterocycles. The Balaban J connectivity index is 1.82. The van der Waals surface area contributed by atoms with Crippen LogP contribution in [0.3, 0.4) is 0 Å². The molecule has 0 spiro atoms. The minimum atomic E-state index is -0.464. The molecule has 0 atom stereocenters. The average molecular weight is 428 g/mol. The van der Waals surface area contributed by atoms with Crippen molar-refractivity contribution in [2.45, 2.75) is 17.5 Å². The minimum Gasteiger partial charge on any atom is -0.309 e. The van der Waals surface area contributed by atoms with Crippen molar-refractivity contribution in [3.8, 4) is 0 Å². The topological polar surface area (TPSA) is 61.8 Å². The van der Waals surface area contributed by atoms with Gasteiger partial charge >= 0.3 is 5.69 Å². The van der Waals surface area contributed by atoms with Gasteiger partial charge in [-0.25, -0.2) is 18.6 Å². The number of imidazole rings is 1. The van der Waals surface area contributed by atoms with Crippen LogP contribution in [0, 0.1) is 11.6 Å². The van der Waals surface area contributed by atoms with Gasteiger partial charge in [-0.3, -0.25) is 13.9 Å². The third-order valence-electron chi connectivity index (χ3n) is 4.85. The summed E-state index contributed by atoms with van der Waals surface area (Å²) >= 11 is 1.38. The summed E-state index contributed by atoms with van der Waals surface area (Å²) in [6.07, 6.45) is 0. The first-order valence-electron chi connectivity index (χ1n) is 9.13. The largest absolute Gasteiger partial charge is 0.332 e. The van der Waals surface area contributed by atoms with Gasteiger partial charge in [-0.05, 0) is 35.4 Å². The average Bonchev–Trinajstić information content (AvgIpc) is 3.10. The van der Waals surface area contributed by atoms with E-state index in [0.29, 0.717) is 16.4 Å². The Hall–Kier alpha value is -3.20. The number of hydrogen-bond donors (Lipinski definition) is 0. The molecule has 0 radical (unpaired) electrons. The number of hydrogen-bond acceptors (Lipinski definition) is 4. The molecular formula is C21H18F2N4O2S. The van der Waals surface area contributed by atoms with Crippen molar-refractivity contribution in [1.29, 1.82) is 0 Å². The van der Waals surface area contributed by atoms with Gasteiger partial charge in [0.25, 0.3) is 5.56 Å². The number of fused-ring (bicyclic) bond motifs is 1. The van der Waals surface area contributed by atoms with Crippen LogP contribution in [0.2, 0.25) is 0 Å². The molecule has 30 heavy (non-hydrogen) atoms. The maximum Gasteiger partial charge on any atom is 0.332 e. The Morgan fingerprint density at radius 1 is 0.867 bits per heavy atom. The van der Waals surface area contributed by atoms with Gasteiger partial charge < -0.3 is 4.57 Å². The molecule has 9 heteroatoms. The quantitative estimate of drug-likeness (QED) is 0.459. The number of benzene rings is 2. The summed E-state index contributed by atoms with van der Waals surface area (Å²) in [5.74, 6) is -0.161. The molecule has 0 aliphatic carbocycles. The monoisotopic (exact) mass is 428 g/mol. The lowest BCUT2D eigenvalue weighted by molar-refractivity contribution is 0.625. The fraction of sp³-hybridized carbons (Fsp3) is 0.190. The van der Waals surface area contributed by atoms with Crippen molar-refractivity contribution >= 4 is 22.9 Å². The summed E-state index contributed by atoms with van der Waals surface area (Å²) in [4.78, 5) is 29.7. The van der Waals surface area contributed by atoms with Gasteiger partial charge in [-0.2, -0.15) is 0 Å². The van der Waals surface area contributed by atoms with E-state index in [1.54, 1.807) is 35.9 Å². The van der Waals surface area contributed by atoms with Crippen molar-refractivity contribution in [2.24, 2.45) is 14.1 Å². The number of aryl methyl sites for hydroxylation is 1. The van der Waals surface area contributed by atoms with E-state index in [-0.39, 0.29) is 23.8 Å². The van der Waals surface area contributed by atoms with E-state index in [9.17, 15) is 18.4 Å². The fourth-order valence-corrected chi connectivity index (χ4v) is 4.14. The van der Waals surface area contributed by atoms with Gasteiger partial charge in [0.1, 0.15) is 11.6 Å². The van der Waals surface area contributed by atoms with Gasteiger partial charge in [-0.1, -0.05) is 36.0 Å². The molecule has 0 amide bonds. The van der Waals surface area contributed by atoms with Crippen LogP contribution in [-0.4, -0.2) is 18.7 Å². The standard InChI is InChI=1S/C21H18F2N4O2S/c1-25-18-17(19(28)26(2)21(25)29)27(11-13-3-7-15(22)8-4-13)20(24-18)30-12-14-5-9-16(23)10-6-14/h3-10H,11-12H2,1-2H3. The third kappa shape index (κ3) is 3.68. The van der Waals surface area contributed by atoms with Gasteiger partial charge in [-0.15, -0.1) is 0 Å². The fourth-order valence-electron chi connectivity index (χ4n) is 3.18. The molecule has 154 valence electrons. The molecule has 2 aromatic carbocycles. The van der Waals surface area contributed by atoms with Crippen LogP contribution in [0.25, 0.3) is 11.2 Å². The van der Waals surface area contributed by atoms with E-state index in [0.717, 1.165) is 15.7 Å². The maximum absolute atomic E-state index is 13.3. The van der Waals surface area contributed by atoms with Crippen LogP contribution in [0.5, 0.6) is 0 Å². The Labute approximate surface area is 174 Å². The highest BCUT2D eigenvalue weighted by molar-refractivity contribution is 7.98. The van der Waals surface area contributed by atoms with Crippen LogP contribution in [0.4, 0.5) is 8.78 Å². The highest BCUT2D eigenvalue weighted by atomic mass is 32.2. The Morgan fingerprint density at radius 2 is 1.43 bits per heavy atom. The van der Waals surface area contributed by atoms with Crippen LogP contribution in [-0.2, 0) is 26.4 Å². The van der Waals surface area contributed by atoms with Crippen molar-refractivity contribution in [3.05, 3.63) is 92.1 Å². The first-order chi connectivity index (χ1) is 14.3. The Kier molecular flexibility index (Phi) is 5.29. The molecular weight excluding hydrogens is 410 g/mol. The second-order valence-corrected chi connectivity index (χ2v) is 7.84. The molecule has 4 aromatic rings. The SMILES string of the molecule is Cn1c(=O)c2c(nc(SCc3ccc(F)cc3)n2Cc2ccc(F)cc2)n(C)c1=O. The highest BCUT2D eigenvalue weighted by Crippen LogP contribution is 2.26. The number of rotatable bonds is 5.